The van der Waals surface area contributed by atoms with Crippen molar-refractivity contribution in [3.63, 3.8) is 0 Å². The fourth-order valence-electron chi connectivity index (χ4n) is 4.43. The standard InChI is InChI=1S/C26H33N5O3/c1-5-33-22-13-24-27-14-21(31(24)16-19(22)17-9-10-17)20-7-6-8-23(29-20)28-18-11-12-30(15-18)25(32)34-26(2,3)4/h6-8,13-14,16-18H,5,9-12,15H2,1-4H3,(H,28,29). The number of nitrogens with zero attached hydrogens (tertiary/aromatic N) is 4. The third-order valence-corrected chi connectivity index (χ3v) is 6.16. The molecular weight excluding hydrogens is 430 g/mol. The summed E-state index contributed by atoms with van der Waals surface area (Å²) in [7, 11) is 0. The first-order valence-electron chi connectivity index (χ1n) is 12.2. The summed E-state index contributed by atoms with van der Waals surface area (Å²) >= 11 is 0. The van der Waals surface area contributed by atoms with Gasteiger partial charge in [-0.1, -0.05) is 6.07 Å². The van der Waals surface area contributed by atoms with Gasteiger partial charge in [-0.15, -0.1) is 0 Å². The average Bonchev–Trinajstić information content (AvgIpc) is 3.37. The van der Waals surface area contributed by atoms with Crippen molar-refractivity contribution in [2.24, 2.45) is 0 Å². The maximum absolute atomic E-state index is 12.4. The molecule has 8 nitrogen and oxygen atoms in total. The first-order chi connectivity index (χ1) is 16.3. The minimum absolute atomic E-state index is 0.132. The highest BCUT2D eigenvalue weighted by Crippen LogP contribution is 2.45. The fourth-order valence-corrected chi connectivity index (χ4v) is 4.43. The molecule has 0 aromatic carbocycles. The molecule has 0 radical (unpaired) electrons. The first kappa shape index (κ1) is 22.5. The van der Waals surface area contributed by atoms with Gasteiger partial charge in [-0.25, -0.2) is 14.8 Å². The lowest BCUT2D eigenvalue weighted by molar-refractivity contribution is 0.0293. The highest BCUT2D eigenvalue weighted by Gasteiger charge is 2.30. The van der Waals surface area contributed by atoms with Gasteiger partial charge in [-0.05, 0) is 65.0 Å². The maximum Gasteiger partial charge on any atom is 0.410 e. The second-order valence-corrected chi connectivity index (χ2v) is 10.1. The van der Waals surface area contributed by atoms with E-state index in [1.165, 1.54) is 18.4 Å². The van der Waals surface area contributed by atoms with Crippen LogP contribution in [0, 0.1) is 0 Å². The van der Waals surface area contributed by atoms with Crippen molar-refractivity contribution in [3.8, 4) is 17.1 Å². The smallest absolute Gasteiger partial charge is 0.410 e. The summed E-state index contributed by atoms with van der Waals surface area (Å²) in [6, 6.07) is 8.13. The average molecular weight is 464 g/mol. The molecule has 3 aromatic heterocycles. The van der Waals surface area contributed by atoms with E-state index in [-0.39, 0.29) is 12.1 Å². The van der Waals surface area contributed by atoms with Crippen molar-refractivity contribution in [1.29, 1.82) is 0 Å². The third-order valence-electron chi connectivity index (χ3n) is 6.16. The largest absolute Gasteiger partial charge is 0.493 e. The Kier molecular flexibility index (Phi) is 5.83. The SMILES string of the molecule is CCOc1cc2ncc(-c3cccc(NC4CCN(C(=O)OC(C)(C)C)C4)n3)n2cc1C1CC1. The van der Waals surface area contributed by atoms with Crippen LogP contribution >= 0.6 is 0 Å². The van der Waals surface area contributed by atoms with Crippen molar-refractivity contribution in [2.75, 3.05) is 25.0 Å². The summed E-state index contributed by atoms with van der Waals surface area (Å²) in [5.41, 5.74) is 3.41. The second-order valence-electron chi connectivity index (χ2n) is 10.1. The number of nitrogens with one attached hydrogen (secondary N) is 1. The molecule has 1 saturated heterocycles. The number of ether oxygens (including phenoxy) is 2. The predicted molar refractivity (Wildman–Crippen MR) is 131 cm³/mol. The van der Waals surface area contributed by atoms with Crippen molar-refractivity contribution in [2.45, 2.75) is 64.5 Å². The summed E-state index contributed by atoms with van der Waals surface area (Å²) < 4.78 is 13.5. The van der Waals surface area contributed by atoms with Crippen LogP contribution in [-0.2, 0) is 4.74 Å². The molecule has 3 aromatic rings. The number of rotatable bonds is 6. The Morgan fingerprint density at radius 1 is 1.24 bits per heavy atom. The summed E-state index contributed by atoms with van der Waals surface area (Å²) in [6.45, 7) is 9.59. The minimum atomic E-state index is -0.491. The summed E-state index contributed by atoms with van der Waals surface area (Å²) in [5, 5.41) is 3.49. The molecule has 1 N–H and O–H groups in total. The quantitative estimate of drug-likeness (QED) is 0.548. The molecule has 8 heteroatoms. The lowest BCUT2D eigenvalue weighted by Crippen LogP contribution is -2.36. The van der Waals surface area contributed by atoms with E-state index < -0.39 is 5.60 Å². The van der Waals surface area contributed by atoms with Gasteiger partial charge in [0.25, 0.3) is 0 Å². The Morgan fingerprint density at radius 2 is 2.06 bits per heavy atom. The van der Waals surface area contributed by atoms with Crippen LogP contribution in [0.5, 0.6) is 5.75 Å². The van der Waals surface area contributed by atoms with Gasteiger partial charge in [0.05, 0.1) is 24.2 Å². The van der Waals surface area contributed by atoms with E-state index in [0.29, 0.717) is 25.6 Å². The van der Waals surface area contributed by atoms with Gasteiger partial charge in [-0.3, -0.25) is 4.40 Å². The van der Waals surface area contributed by atoms with E-state index in [0.717, 1.165) is 35.0 Å². The third kappa shape index (κ3) is 4.81. The molecule has 1 saturated carbocycles. The molecule has 5 rings (SSSR count). The zero-order valence-electron chi connectivity index (χ0n) is 20.4. The van der Waals surface area contributed by atoms with Crippen molar-refractivity contribution < 1.29 is 14.3 Å². The molecule has 0 bridgehead atoms. The number of carbonyl (C=O) groups excluding carboxylic acids is 1. The first-order valence-corrected chi connectivity index (χ1v) is 12.2. The molecule has 1 atom stereocenters. The molecule has 1 aliphatic heterocycles. The number of carbonyl (C=O) groups is 1. The van der Waals surface area contributed by atoms with Crippen molar-refractivity contribution in [3.05, 3.63) is 42.2 Å². The van der Waals surface area contributed by atoms with Crippen molar-refractivity contribution in [1.82, 2.24) is 19.3 Å². The number of amides is 1. The number of likely N-dealkylation sites (tertiary alicyclic amines) is 1. The number of pyridine rings is 2. The van der Waals surface area contributed by atoms with Crippen LogP contribution in [0.25, 0.3) is 17.0 Å². The zero-order valence-corrected chi connectivity index (χ0v) is 20.4. The van der Waals surface area contributed by atoms with Crippen LogP contribution in [-0.4, -0.2) is 56.7 Å². The lowest BCUT2D eigenvalue weighted by Gasteiger charge is -2.24. The number of hydrogen-bond acceptors (Lipinski definition) is 6. The van der Waals surface area contributed by atoms with Gasteiger partial charge < -0.3 is 19.7 Å². The normalized spacial score (nSPS) is 18.4. The molecule has 2 fully saturated rings. The number of hydrogen-bond donors (Lipinski definition) is 1. The van der Waals surface area contributed by atoms with E-state index in [9.17, 15) is 4.79 Å². The van der Waals surface area contributed by atoms with E-state index in [1.54, 1.807) is 4.90 Å². The number of anilines is 1. The Labute approximate surface area is 200 Å². The molecule has 1 aliphatic carbocycles. The predicted octanol–water partition coefficient (Wildman–Crippen LogP) is 5.09. The van der Waals surface area contributed by atoms with Gasteiger partial charge in [0.15, 0.2) is 0 Å². The fraction of sp³-hybridized carbons (Fsp3) is 0.500. The van der Waals surface area contributed by atoms with Gasteiger partial charge >= 0.3 is 6.09 Å². The maximum atomic E-state index is 12.4. The molecule has 0 spiro atoms. The molecule has 2 aliphatic rings. The number of imidazole rings is 1. The van der Waals surface area contributed by atoms with Gasteiger partial charge in [0.2, 0.25) is 0 Å². The lowest BCUT2D eigenvalue weighted by atomic mass is 10.1. The Bertz CT molecular complexity index is 1190. The molecule has 1 amide bonds. The number of fused-ring (bicyclic) bond motifs is 1. The highest BCUT2D eigenvalue weighted by atomic mass is 16.6. The van der Waals surface area contributed by atoms with Crippen molar-refractivity contribution >= 4 is 17.6 Å². The molecule has 34 heavy (non-hydrogen) atoms. The molecule has 4 heterocycles. The summed E-state index contributed by atoms with van der Waals surface area (Å²) in [5.74, 6) is 2.29. The van der Waals surface area contributed by atoms with Crippen LogP contribution in [0.2, 0.25) is 0 Å². The Hall–Kier alpha value is -3.29. The summed E-state index contributed by atoms with van der Waals surface area (Å²) in [4.78, 5) is 23.6. The van der Waals surface area contributed by atoms with Crippen LogP contribution < -0.4 is 10.1 Å². The van der Waals surface area contributed by atoms with Gasteiger partial charge in [0.1, 0.15) is 22.8 Å². The number of aromatic nitrogens is 3. The molecular formula is C26H33N5O3. The van der Waals surface area contributed by atoms with Gasteiger partial charge in [0, 0.05) is 37.0 Å². The van der Waals surface area contributed by atoms with E-state index >= 15 is 0 Å². The zero-order chi connectivity index (χ0) is 23.9. The van der Waals surface area contributed by atoms with Crippen LogP contribution in [0.4, 0.5) is 10.6 Å². The van der Waals surface area contributed by atoms with Crippen LogP contribution in [0.1, 0.15) is 58.4 Å². The second kappa shape index (κ2) is 8.81. The van der Waals surface area contributed by atoms with Gasteiger partial charge in [-0.2, -0.15) is 0 Å². The topological polar surface area (TPSA) is 81.0 Å². The molecule has 1 unspecified atom stereocenters. The summed E-state index contributed by atoms with van der Waals surface area (Å²) in [6.07, 6.45) is 7.03. The Morgan fingerprint density at radius 3 is 2.79 bits per heavy atom. The van der Waals surface area contributed by atoms with Crippen LogP contribution in [0.15, 0.2) is 36.7 Å². The van der Waals surface area contributed by atoms with E-state index in [2.05, 4.69) is 20.9 Å². The highest BCUT2D eigenvalue weighted by molar-refractivity contribution is 5.69. The van der Waals surface area contributed by atoms with E-state index in [4.69, 9.17) is 14.5 Å². The minimum Gasteiger partial charge on any atom is -0.493 e. The Balaban J connectivity index is 1.34. The van der Waals surface area contributed by atoms with Crippen LogP contribution in [0.3, 0.4) is 0 Å². The molecule has 180 valence electrons. The monoisotopic (exact) mass is 463 g/mol. The van der Waals surface area contributed by atoms with E-state index in [1.807, 2.05) is 58.2 Å².